The fourth-order valence-electron chi connectivity index (χ4n) is 13.6. The summed E-state index contributed by atoms with van der Waals surface area (Å²) in [5, 5.41) is 13.3. The number of anilines is 2. The molecule has 9 aromatic rings. The van der Waals surface area contributed by atoms with Crippen LogP contribution in [0.4, 0.5) is 11.6 Å². The Balaban J connectivity index is 0.000000132. The van der Waals surface area contributed by atoms with E-state index in [0.29, 0.717) is 64.9 Å². The quantitative estimate of drug-likeness (QED) is 0.0916. The Morgan fingerprint density at radius 2 is 1.19 bits per heavy atom. The fourth-order valence-corrected chi connectivity index (χ4v) is 13.6. The second kappa shape index (κ2) is 30.3. The van der Waals surface area contributed by atoms with Crippen LogP contribution < -0.4 is 54.2 Å². The predicted octanol–water partition coefficient (Wildman–Crippen LogP) is 4.00. The minimum absolute atomic E-state index is 0.0162. The zero-order valence-electron chi connectivity index (χ0n) is 56.1. The third-order valence-corrected chi connectivity index (χ3v) is 18.7. The van der Waals surface area contributed by atoms with E-state index in [1.54, 1.807) is 56.4 Å². The highest BCUT2D eigenvalue weighted by molar-refractivity contribution is 5.86. The van der Waals surface area contributed by atoms with Crippen LogP contribution in [0, 0.1) is 5.92 Å². The summed E-state index contributed by atoms with van der Waals surface area (Å²) < 4.78 is 50.3. The molecule has 3 N–H and O–H groups in total. The van der Waals surface area contributed by atoms with Crippen molar-refractivity contribution in [1.29, 1.82) is 0 Å². The number of likely N-dealkylation sites (tertiary alicyclic amines) is 1. The summed E-state index contributed by atoms with van der Waals surface area (Å²) in [7, 11) is 11.4. The molecule has 12 heterocycles. The summed E-state index contributed by atoms with van der Waals surface area (Å²) in [6, 6.07) is 17.4. The third kappa shape index (κ3) is 14.6. The van der Waals surface area contributed by atoms with Crippen molar-refractivity contribution in [2.24, 2.45) is 27.1 Å². The molecule has 6 aromatic heterocycles. The standard InChI is InChI=1S/C23H30N8O3.C23H28N6O4.C22H26N6O3/c1-24-22(32)17-6-7-30(21(17)18-11-26-23(29(18)3)31-14-25-13-27-31)9-8-28(2)12-16-4-5-19-20(10-16)34-15-33-19;1-27-21(13-26-23(27)28-8-7-24-15-28)29-14-17(31-2)12-18(29)22(30)25-6-5-16-3-4-19-20(11-16)33-10-9-32-19;1-26-20(14-25-22(26)27-10-8-23-15-27)28-9-2-3-17(28)21(29)24-7-6-16-4-5-18-19(13-16)31-12-11-30-18/h4-5,10-11,13-14,17,21H,6-9,12,15H2,1-3H3,(H,24,32);3-4,7-8,11,13,15,17-18H,5-6,9-10,12,14H2,1-2H3,(H,25,30);4-5,8,10,13-15,17H,2-3,6-7,9,11-12H2,1H3,(H,24,29). The number of carbonyl (C=O) groups is 3. The lowest BCUT2D eigenvalue weighted by atomic mass is 9.97. The van der Waals surface area contributed by atoms with Gasteiger partial charge in [0.2, 0.25) is 42.4 Å². The molecule has 0 bridgehead atoms. The molecule has 30 heteroatoms. The Labute approximate surface area is 567 Å². The Morgan fingerprint density at radius 1 is 0.622 bits per heavy atom. The third-order valence-electron chi connectivity index (χ3n) is 18.7. The molecular formula is C68H84N20O10. The van der Waals surface area contributed by atoms with Gasteiger partial charge in [0.1, 0.15) is 75.5 Å². The molecule has 5 atom stereocenters. The molecule has 0 radical (unpaired) electrons. The number of likely N-dealkylation sites (N-methyl/N-ethyl adjacent to an activating group) is 1. The van der Waals surface area contributed by atoms with Crippen LogP contribution in [-0.2, 0) is 59.6 Å². The zero-order chi connectivity index (χ0) is 67.7. The summed E-state index contributed by atoms with van der Waals surface area (Å²) in [5.74, 6) is 8.66. The highest BCUT2D eigenvalue weighted by atomic mass is 16.7. The number of carbonyl (C=O) groups excluding carboxylic acids is 3. The monoisotopic (exact) mass is 1340 g/mol. The minimum atomic E-state index is -0.332. The number of aromatic nitrogens is 13. The molecule has 98 heavy (non-hydrogen) atoms. The lowest BCUT2D eigenvalue weighted by Gasteiger charge is -2.29. The van der Waals surface area contributed by atoms with Crippen molar-refractivity contribution in [3.63, 3.8) is 0 Å². The van der Waals surface area contributed by atoms with Crippen LogP contribution >= 0.6 is 0 Å². The molecule has 0 saturated carbocycles. The molecule has 6 aliphatic heterocycles. The van der Waals surface area contributed by atoms with Crippen molar-refractivity contribution < 1.29 is 47.5 Å². The molecule has 516 valence electrons. The highest BCUT2D eigenvalue weighted by Crippen LogP contribution is 2.39. The second-order valence-corrected chi connectivity index (χ2v) is 24.8. The van der Waals surface area contributed by atoms with Crippen LogP contribution in [0.5, 0.6) is 34.5 Å². The Kier molecular flexibility index (Phi) is 20.5. The van der Waals surface area contributed by atoms with Gasteiger partial charge in [0.25, 0.3) is 0 Å². The Morgan fingerprint density at radius 3 is 1.80 bits per heavy atom. The van der Waals surface area contributed by atoms with Crippen molar-refractivity contribution in [2.75, 3.05) is 110 Å². The lowest BCUT2D eigenvalue weighted by molar-refractivity contribution is -0.125. The number of imidazole rings is 5. The number of methoxy groups -OCH3 is 1. The van der Waals surface area contributed by atoms with E-state index in [1.807, 2.05) is 117 Å². The molecule has 0 aliphatic carbocycles. The van der Waals surface area contributed by atoms with Gasteiger partial charge < -0.3 is 68.4 Å². The fraction of sp³-hybridized carbons (Fsp3) is 0.441. The molecule has 6 aliphatic rings. The first-order chi connectivity index (χ1) is 47.9. The summed E-state index contributed by atoms with van der Waals surface area (Å²) >= 11 is 0. The lowest BCUT2D eigenvalue weighted by Crippen LogP contribution is -2.44. The van der Waals surface area contributed by atoms with Crippen molar-refractivity contribution in [3.05, 3.63) is 146 Å². The summed E-state index contributed by atoms with van der Waals surface area (Å²) in [6.45, 7) is 8.49. The number of benzene rings is 3. The molecule has 3 aromatic carbocycles. The zero-order valence-corrected chi connectivity index (χ0v) is 56.1. The van der Waals surface area contributed by atoms with Crippen molar-refractivity contribution in [2.45, 2.75) is 69.3 Å². The van der Waals surface area contributed by atoms with Gasteiger partial charge in [0, 0.05) is 112 Å². The van der Waals surface area contributed by atoms with E-state index in [4.69, 9.17) is 33.2 Å². The molecule has 5 unspecified atom stereocenters. The minimum Gasteiger partial charge on any atom is -0.486 e. The van der Waals surface area contributed by atoms with Crippen LogP contribution in [0.1, 0.15) is 54.1 Å². The molecule has 3 fully saturated rings. The van der Waals surface area contributed by atoms with Gasteiger partial charge in [0.05, 0.1) is 42.3 Å². The molecular weight excluding hydrogens is 1260 g/mol. The van der Waals surface area contributed by atoms with Gasteiger partial charge >= 0.3 is 0 Å². The molecule has 30 nitrogen and oxygen atoms in total. The number of ether oxygens (including phenoxy) is 7. The average Bonchev–Trinajstić information content (AvgIpc) is 1.64. The number of nitrogens with one attached hydrogen (secondary N) is 3. The van der Waals surface area contributed by atoms with Gasteiger partial charge in [0.15, 0.2) is 34.5 Å². The first-order valence-corrected chi connectivity index (χ1v) is 33.2. The maximum atomic E-state index is 13.2. The predicted molar refractivity (Wildman–Crippen MR) is 359 cm³/mol. The highest BCUT2D eigenvalue weighted by Gasteiger charge is 2.42. The molecule has 3 amide bonds. The number of rotatable bonds is 21. The van der Waals surface area contributed by atoms with Gasteiger partial charge in [-0.05, 0) is 98.8 Å². The number of hydrogen-bond acceptors (Lipinski definition) is 21. The van der Waals surface area contributed by atoms with E-state index < -0.39 is 0 Å². The summed E-state index contributed by atoms with van der Waals surface area (Å²) in [4.78, 5) is 73.6. The normalized spacial score (nSPS) is 19.1. The van der Waals surface area contributed by atoms with E-state index in [1.165, 1.54) is 11.9 Å². The van der Waals surface area contributed by atoms with E-state index in [-0.39, 0.29) is 54.7 Å². The van der Waals surface area contributed by atoms with Crippen molar-refractivity contribution in [1.82, 2.24) is 88.3 Å². The Hall–Kier alpha value is -10.5. The smallest absolute Gasteiger partial charge is 0.242 e. The van der Waals surface area contributed by atoms with Crippen molar-refractivity contribution in [3.8, 4) is 52.3 Å². The maximum Gasteiger partial charge on any atom is 0.242 e. The van der Waals surface area contributed by atoms with Crippen LogP contribution in [0.3, 0.4) is 0 Å². The van der Waals surface area contributed by atoms with E-state index in [0.717, 1.165) is 133 Å². The second-order valence-electron chi connectivity index (χ2n) is 24.8. The SMILES string of the molecule is CNC(=O)C1CCN(CCN(C)Cc2ccc3c(c2)OCO3)C1c1cnc(-n2cncn2)n1C.COC1CC(C(=O)NCCc2ccc3c(c2)OCCO3)N(c2cnc(-n3ccnc3)n2C)C1.Cn1c(N2CCCC2C(=O)NCCc2ccc3c(c2)OCCO3)cnc1-n1ccnc1. The Bertz CT molecular complexity index is 4150. The van der Waals surface area contributed by atoms with Crippen molar-refractivity contribution >= 4 is 29.4 Å². The van der Waals surface area contributed by atoms with Crippen LogP contribution in [-0.4, -0.2) is 208 Å². The van der Waals surface area contributed by atoms with Gasteiger partial charge in [-0.25, -0.2) is 29.9 Å². The van der Waals surface area contributed by atoms with Gasteiger partial charge in [-0.3, -0.25) is 37.6 Å². The van der Waals surface area contributed by atoms with E-state index in [2.05, 4.69) is 83.7 Å². The maximum absolute atomic E-state index is 13.2. The number of nitrogens with zero attached hydrogens (tertiary/aromatic N) is 17. The average molecular weight is 1340 g/mol. The number of amides is 3. The van der Waals surface area contributed by atoms with Crippen LogP contribution in [0.25, 0.3) is 17.8 Å². The summed E-state index contributed by atoms with van der Waals surface area (Å²) in [5.41, 5.74) is 4.38. The van der Waals surface area contributed by atoms with E-state index >= 15 is 0 Å². The first kappa shape index (κ1) is 66.2. The largest absolute Gasteiger partial charge is 0.486 e. The van der Waals surface area contributed by atoms with Crippen LogP contribution in [0.15, 0.2) is 123 Å². The van der Waals surface area contributed by atoms with Gasteiger partial charge in [-0.2, -0.15) is 9.78 Å². The van der Waals surface area contributed by atoms with Gasteiger partial charge in [-0.1, -0.05) is 18.2 Å². The molecule has 15 rings (SSSR count). The first-order valence-electron chi connectivity index (χ1n) is 33.2. The molecule has 0 spiro atoms. The molecule has 3 saturated heterocycles. The van der Waals surface area contributed by atoms with E-state index in [9.17, 15) is 14.4 Å². The number of hydrogen-bond donors (Lipinski definition) is 3. The topological polar surface area (TPSA) is 285 Å². The van der Waals surface area contributed by atoms with Crippen LogP contribution in [0.2, 0.25) is 0 Å². The van der Waals surface area contributed by atoms with Gasteiger partial charge in [-0.15, -0.1) is 0 Å². The summed E-state index contributed by atoms with van der Waals surface area (Å²) in [6.07, 6.45) is 23.8. The number of fused-ring (bicyclic) bond motifs is 3.